The second-order valence-electron chi connectivity index (χ2n) is 6.66. The molecule has 2 aromatic rings. The average molecular weight is 354 g/mol. The largest absolute Gasteiger partial charge is 0.467 e. The van der Waals surface area contributed by atoms with Crippen molar-refractivity contribution >= 4 is 11.8 Å². The monoisotopic (exact) mass is 354 g/mol. The number of hydrogen-bond acceptors (Lipinski definition) is 5. The molecule has 1 fully saturated rings. The molecule has 0 bridgehead atoms. The van der Waals surface area contributed by atoms with Gasteiger partial charge in [-0.2, -0.15) is 18.2 Å². The van der Waals surface area contributed by atoms with Crippen LogP contribution in [-0.2, 0) is 6.18 Å². The highest BCUT2D eigenvalue weighted by Crippen LogP contribution is 2.38. The molecule has 0 aromatic carbocycles. The number of alkyl halides is 3. The van der Waals surface area contributed by atoms with Gasteiger partial charge >= 0.3 is 6.18 Å². The lowest BCUT2D eigenvalue weighted by molar-refractivity contribution is -0.141. The van der Waals surface area contributed by atoms with Gasteiger partial charge in [-0.1, -0.05) is 6.92 Å². The molecule has 2 aromatic heterocycles. The van der Waals surface area contributed by atoms with Gasteiger partial charge in [0, 0.05) is 26.7 Å². The van der Waals surface area contributed by atoms with Gasteiger partial charge in [0.25, 0.3) is 0 Å². The van der Waals surface area contributed by atoms with Crippen molar-refractivity contribution in [2.45, 2.75) is 32.0 Å². The summed E-state index contributed by atoms with van der Waals surface area (Å²) in [5.74, 6) is 1.49. The first-order valence-electron chi connectivity index (χ1n) is 8.19. The molecular formula is C17H21F3N4O. The van der Waals surface area contributed by atoms with Crippen LogP contribution in [0.25, 0.3) is 0 Å². The highest BCUT2D eigenvalue weighted by atomic mass is 19.4. The molecule has 136 valence electrons. The number of hydrogen-bond donors (Lipinski definition) is 0. The van der Waals surface area contributed by atoms with Crippen LogP contribution in [0, 0.1) is 5.92 Å². The summed E-state index contributed by atoms with van der Waals surface area (Å²) in [5.41, 5.74) is -0.932. The highest BCUT2D eigenvalue weighted by Gasteiger charge is 2.37. The highest BCUT2D eigenvalue weighted by molar-refractivity contribution is 5.47. The average Bonchev–Trinajstić information content (AvgIpc) is 3.07. The van der Waals surface area contributed by atoms with Crippen LogP contribution in [0.5, 0.6) is 0 Å². The van der Waals surface area contributed by atoms with E-state index in [4.69, 9.17) is 4.42 Å². The predicted octanol–water partition coefficient (Wildman–Crippen LogP) is 4.13. The van der Waals surface area contributed by atoms with Crippen molar-refractivity contribution in [2.75, 3.05) is 30.4 Å². The summed E-state index contributed by atoms with van der Waals surface area (Å²) in [6.07, 6.45) is -1.30. The molecule has 0 spiro atoms. The van der Waals surface area contributed by atoms with Gasteiger partial charge in [0.15, 0.2) is 5.69 Å². The molecule has 0 radical (unpaired) electrons. The maximum Gasteiger partial charge on any atom is 0.433 e. The lowest BCUT2D eigenvalue weighted by Crippen LogP contribution is -2.37. The third kappa shape index (κ3) is 3.72. The molecule has 1 aliphatic rings. The Bertz CT molecular complexity index is 715. The van der Waals surface area contributed by atoms with Crippen molar-refractivity contribution in [3.63, 3.8) is 0 Å². The fourth-order valence-corrected chi connectivity index (χ4v) is 3.06. The van der Waals surface area contributed by atoms with Crippen LogP contribution in [0.4, 0.5) is 24.9 Å². The minimum atomic E-state index is -4.52. The van der Waals surface area contributed by atoms with E-state index in [1.54, 1.807) is 31.3 Å². The Morgan fingerprint density at radius 3 is 2.64 bits per heavy atom. The summed E-state index contributed by atoms with van der Waals surface area (Å²) < 4.78 is 45.3. The summed E-state index contributed by atoms with van der Waals surface area (Å²) in [4.78, 5) is 11.5. The zero-order valence-electron chi connectivity index (χ0n) is 14.4. The number of aromatic nitrogens is 2. The van der Waals surface area contributed by atoms with Gasteiger partial charge < -0.3 is 14.2 Å². The molecule has 0 N–H and O–H groups in total. The molecule has 0 amide bonds. The first kappa shape index (κ1) is 17.6. The minimum absolute atomic E-state index is 0.0897. The Balaban J connectivity index is 2.05. The van der Waals surface area contributed by atoms with E-state index in [0.29, 0.717) is 12.5 Å². The van der Waals surface area contributed by atoms with Crippen LogP contribution < -0.4 is 9.80 Å². The molecule has 5 nitrogen and oxygen atoms in total. The van der Waals surface area contributed by atoms with E-state index in [2.05, 4.69) is 16.9 Å². The second-order valence-corrected chi connectivity index (χ2v) is 6.66. The maximum atomic E-state index is 13.3. The number of piperidine rings is 1. The molecule has 1 aliphatic heterocycles. The van der Waals surface area contributed by atoms with Crippen LogP contribution in [0.3, 0.4) is 0 Å². The third-order valence-corrected chi connectivity index (χ3v) is 4.44. The summed E-state index contributed by atoms with van der Waals surface area (Å²) in [7, 11) is 3.32. The van der Waals surface area contributed by atoms with E-state index < -0.39 is 11.9 Å². The molecule has 3 heterocycles. The molecule has 0 aliphatic carbocycles. The second kappa shape index (κ2) is 6.57. The van der Waals surface area contributed by atoms with Crippen molar-refractivity contribution in [3.05, 3.63) is 35.9 Å². The van der Waals surface area contributed by atoms with Gasteiger partial charge in [-0.25, -0.2) is 4.98 Å². The molecule has 2 unspecified atom stereocenters. The Morgan fingerprint density at radius 1 is 1.28 bits per heavy atom. The first-order valence-corrected chi connectivity index (χ1v) is 8.19. The van der Waals surface area contributed by atoms with Gasteiger partial charge in [-0.15, -0.1) is 0 Å². The lowest BCUT2D eigenvalue weighted by atomic mass is 9.91. The van der Waals surface area contributed by atoms with Crippen molar-refractivity contribution in [2.24, 2.45) is 5.92 Å². The number of furan rings is 1. The summed E-state index contributed by atoms with van der Waals surface area (Å²) >= 11 is 0. The van der Waals surface area contributed by atoms with Crippen molar-refractivity contribution < 1.29 is 17.6 Å². The Morgan fingerprint density at radius 2 is 2.04 bits per heavy atom. The van der Waals surface area contributed by atoms with E-state index >= 15 is 0 Å². The minimum Gasteiger partial charge on any atom is -0.467 e. The SMILES string of the molecule is CC1CCN(c2nc(N(C)C)cc(C(F)(F)F)n2)C(c2ccco2)C1. The molecule has 8 heteroatoms. The fourth-order valence-electron chi connectivity index (χ4n) is 3.06. The van der Waals surface area contributed by atoms with Crippen LogP contribution in [-0.4, -0.2) is 30.6 Å². The summed E-state index contributed by atoms with van der Waals surface area (Å²) in [5, 5.41) is 0. The molecule has 2 atom stereocenters. The summed E-state index contributed by atoms with van der Waals surface area (Å²) in [6.45, 7) is 2.71. The Hall–Kier alpha value is -2.25. The molecule has 3 rings (SSSR count). The number of halogens is 3. The van der Waals surface area contributed by atoms with Crippen LogP contribution in [0.2, 0.25) is 0 Å². The van der Waals surface area contributed by atoms with Crippen LogP contribution >= 0.6 is 0 Å². The van der Waals surface area contributed by atoms with Crippen molar-refractivity contribution in [1.82, 2.24) is 9.97 Å². The Labute approximate surface area is 144 Å². The molecule has 0 saturated carbocycles. The van der Waals surface area contributed by atoms with Gasteiger partial charge in [0.1, 0.15) is 11.6 Å². The van der Waals surface area contributed by atoms with E-state index in [0.717, 1.165) is 24.7 Å². The molecule has 1 saturated heterocycles. The first-order chi connectivity index (χ1) is 11.8. The van der Waals surface area contributed by atoms with Crippen molar-refractivity contribution in [3.8, 4) is 0 Å². The smallest absolute Gasteiger partial charge is 0.433 e. The number of nitrogens with zero attached hydrogens (tertiary/aromatic N) is 4. The lowest BCUT2D eigenvalue weighted by Gasteiger charge is -2.37. The van der Waals surface area contributed by atoms with Gasteiger partial charge in [0.05, 0.1) is 12.3 Å². The molecule has 25 heavy (non-hydrogen) atoms. The van der Waals surface area contributed by atoms with E-state index in [-0.39, 0.29) is 17.8 Å². The van der Waals surface area contributed by atoms with Gasteiger partial charge in [-0.05, 0) is 30.9 Å². The fraction of sp³-hybridized carbons (Fsp3) is 0.529. The van der Waals surface area contributed by atoms with Crippen LogP contribution in [0.1, 0.15) is 37.3 Å². The van der Waals surface area contributed by atoms with Gasteiger partial charge in [0.2, 0.25) is 5.95 Å². The maximum absolute atomic E-state index is 13.3. The quantitative estimate of drug-likeness (QED) is 0.829. The normalized spacial score (nSPS) is 21.4. The van der Waals surface area contributed by atoms with E-state index in [1.165, 1.54) is 0 Å². The summed E-state index contributed by atoms with van der Waals surface area (Å²) in [6, 6.07) is 4.43. The number of rotatable bonds is 3. The van der Waals surface area contributed by atoms with Crippen molar-refractivity contribution in [1.29, 1.82) is 0 Å². The van der Waals surface area contributed by atoms with E-state index in [9.17, 15) is 13.2 Å². The number of anilines is 2. The zero-order valence-corrected chi connectivity index (χ0v) is 14.4. The Kier molecular flexibility index (Phi) is 4.62. The predicted molar refractivity (Wildman–Crippen MR) is 88.6 cm³/mol. The van der Waals surface area contributed by atoms with E-state index in [1.807, 2.05) is 11.0 Å². The van der Waals surface area contributed by atoms with Gasteiger partial charge in [-0.3, -0.25) is 0 Å². The standard InChI is InChI=1S/C17H21F3N4O/c1-11-6-7-24(12(9-11)13-5-4-8-25-13)16-21-14(17(18,19)20)10-15(22-16)23(2)3/h4-5,8,10-12H,6-7,9H2,1-3H3. The van der Waals surface area contributed by atoms with Crippen LogP contribution in [0.15, 0.2) is 28.9 Å². The third-order valence-electron chi connectivity index (χ3n) is 4.44. The zero-order chi connectivity index (χ0) is 18.2. The topological polar surface area (TPSA) is 45.4 Å². The molecular weight excluding hydrogens is 333 g/mol.